The van der Waals surface area contributed by atoms with Crippen LogP contribution in [-0.2, 0) is 15.9 Å². The van der Waals surface area contributed by atoms with Crippen LogP contribution in [0.5, 0.6) is 0 Å². The zero-order valence-corrected chi connectivity index (χ0v) is 10.7. The van der Waals surface area contributed by atoms with Crippen molar-refractivity contribution in [2.24, 2.45) is 0 Å². The molecule has 0 aromatic carbocycles. The van der Waals surface area contributed by atoms with Crippen molar-refractivity contribution in [1.29, 1.82) is 0 Å². The van der Waals surface area contributed by atoms with Gasteiger partial charge in [0, 0.05) is 6.42 Å². The molecule has 1 saturated heterocycles. The van der Waals surface area contributed by atoms with E-state index >= 15 is 0 Å². The van der Waals surface area contributed by atoms with Crippen LogP contribution in [0.4, 0.5) is 5.82 Å². The predicted octanol–water partition coefficient (Wildman–Crippen LogP) is -0.217. The standard InChI is InChI=1S/C11H18N4O3/c1-3-8-13-9(11(16)17-2)10(12)15(8)14-4-6-18-7-5-14/h3-7,12H2,1-2H3. The highest BCUT2D eigenvalue weighted by atomic mass is 16.5. The molecule has 0 amide bonds. The van der Waals surface area contributed by atoms with Crippen molar-refractivity contribution < 1.29 is 14.3 Å². The maximum atomic E-state index is 11.6. The summed E-state index contributed by atoms with van der Waals surface area (Å²) < 4.78 is 11.8. The molecule has 18 heavy (non-hydrogen) atoms. The van der Waals surface area contributed by atoms with Crippen LogP contribution in [0.3, 0.4) is 0 Å². The number of esters is 1. The fourth-order valence-electron chi connectivity index (χ4n) is 2.02. The van der Waals surface area contributed by atoms with Gasteiger partial charge in [-0.15, -0.1) is 0 Å². The number of hydrogen-bond acceptors (Lipinski definition) is 6. The van der Waals surface area contributed by atoms with Gasteiger partial charge in [-0.3, -0.25) is 0 Å². The molecule has 0 saturated carbocycles. The number of carbonyl (C=O) groups excluding carboxylic acids is 1. The number of rotatable bonds is 3. The highest BCUT2D eigenvalue weighted by molar-refractivity contribution is 5.92. The zero-order chi connectivity index (χ0) is 13.1. The molecule has 2 heterocycles. The number of nitrogens with zero attached hydrogens (tertiary/aromatic N) is 3. The third kappa shape index (κ3) is 2.13. The van der Waals surface area contributed by atoms with E-state index in [0.29, 0.717) is 25.5 Å². The van der Waals surface area contributed by atoms with Crippen LogP contribution >= 0.6 is 0 Å². The quantitative estimate of drug-likeness (QED) is 0.751. The second-order valence-electron chi connectivity index (χ2n) is 3.98. The molecule has 1 aliphatic heterocycles. The van der Waals surface area contributed by atoms with Gasteiger partial charge >= 0.3 is 5.97 Å². The van der Waals surface area contributed by atoms with E-state index in [0.717, 1.165) is 18.9 Å². The Bertz CT molecular complexity index is 438. The second-order valence-corrected chi connectivity index (χ2v) is 3.98. The SMILES string of the molecule is CCc1nc(C(=O)OC)c(N)n1N1CCOCC1. The van der Waals surface area contributed by atoms with Crippen LogP contribution in [-0.4, -0.2) is 49.0 Å². The predicted molar refractivity (Wildman–Crippen MR) is 66.1 cm³/mol. The van der Waals surface area contributed by atoms with E-state index in [1.807, 2.05) is 11.9 Å². The Kier molecular flexibility index (Phi) is 3.71. The largest absolute Gasteiger partial charge is 0.464 e. The lowest BCUT2D eigenvalue weighted by atomic mass is 10.4. The van der Waals surface area contributed by atoms with E-state index in [2.05, 4.69) is 9.72 Å². The van der Waals surface area contributed by atoms with Crippen molar-refractivity contribution in [2.45, 2.75) is 13.3 Å². The number of aryl methyl sites for hydroxylation is 1. The number of anilines is 1. The summed E-state index contributed by atoms with van der Waals surface area (Å²) in [5.74, 6) is 0.588. The highest BCUT2D eigenvalue weighted by Gasteiger charge is 2.24. The van der Waals surface area contributed by atoms with Crippen molar-refractivity contribution >= 4 is 11.8 Å². The molecule has 0 radical (unpaired) electrons. The number of imidazole rings is 1. The lowest BCUT2D eigenvalue weighted by molar-refractivity contribution is 0.0595. The van der Waals surface area contributed by atoms with Gasteiger partial charge in [0.25, 0.3) is 0 Å². The van der Waals surface area contributed by atoms with Crippen LogP contribution in [0, 0.1) is 0 Å². The number of morpholine rings is 1. The van der Waals surface area contributed by atoms with Gasteiger partial charge in [-0.25, -0.2) is 14.5 Å². The Morgan fingerprint density at radius 1 is 1.50 bits per heavy atom. The molecule has 0 spiro atoms. The Balaban J connectivity index is 2.38. The fourth-order valence-corrected chi connectivity index (χ4v) is 2.02. The molecule has 7 heteroatoms. The van der Waals surface area contributed by atoms with Crippen LogP contribution in [0.25, 0.3) is 0 Å². The third-order valence-corrected chi connectivity index (χ3v) is 2.92. The molecule has 100 valence electrons. The average molecular weight is 254 g/mol. The summed E-state index contributed by atoms with van der Waals surface area (Å²) in [6.45, 7) is 4.73. The van der Waals surface area contributed by atoms with Crippen molar-refractivity contribution in [2.75, 3.05) is 44.2 Å². The van der Waals surface area contributed by atoms with Crippen molar-refractivity contribution in [3.63, 3.8) is 0 Å². The van der Waals surface area contributed by atoms with Gasteiger partial charge in [0.1, 0.15) is 5.82 Å². The number of methoxy groups -OCH3 is 1. The molecular weight excluding hydrogens is 236 g/mol. The molecule has 0 atom stereocenters. The average Bonchev–Trinajstić information content (AvgIpc) is 2.75. The number of ether oxygens (including phenoxy) is 2. The van der Waals surface area contributed by atoms with Crippen molar-refractivity contribution in [3.05, 3.63) is 11.5 Å². The van der Waals surface area contributed by atoms with Gasteiger partial charge < -0.3 is 20.2 Å². The van der Waals surface area contributed by atoms with Crippen LogP contribution in [0.15, 0.2) is 0 Å². The Morgan fingerprint density at radius 2 is 2.17 bits per heavy atom. The monoisotopic (exact) mass is 254 g/mol. The number of nitrogen functional groups attached to an aromatic ring is 1. The first kappa shape index (κ1) is 12.7. The van der Waals surface area contributed by atoms with Gasteiger partial charge in [-0.05, 0) is 0 Å². The molecular formula is C11H18N4O3. The molecule has 0 aliphatic carbocycles. The summed E-state index contributed by atoms with van der Waals surface area (Å²) in [5.41, 5.74) is 6.19. The molecule has 1 fully saturated rings. The highest BCUT2D eigenvalue weighted by Crippen LogP contribution is 2.17. The maximum Gasteiger partial charge on any atom is 0.360 e. The molecule has 0 unspecified atom stereocenters. The summed E-state index contributed by atoms with van der Waals surface area (Å²) in [6, 6.07) is 0. The van der Waals surface area contributed by atoms with Crippen molar-refractivity contribution in [3.8, 4) is 0 Å². The second kappa shape index (κ2) is 5.26. The van der Waals surface area contributed by atoms with Crippen LogP contribution < -0.4 is 10.7 Å². The molecule has 1 aromatic heterocycles. The lowest BCUT2D eigenvalue weighted by Gasteiger charge is -2.31. The smallest absolute Gasteiger partial charge is 0.360 e. The van der Waals surface area contributed by atoms with E-state index in [-0.39, 0.29) is 5.69 Å². The minimum Gasteiger partial charge on any atom is -0.464 e. The first-order valence-electron chi connectivity index (χ1n) is 5.97. The molecule has 1 aromatic rings. The summed E-state index contributed by atoms with van der Waals surface area (Å²) >= 11 is 0. The Labute approximate surface area is 105 Å². The first-order valence-corrected chi connectivity index (χ1v) is 5.97. The number of nitrogens with two attached hydrogens (primary N) is 1. The van der Waals surface area contributed by atoms with E-state index < -0.39 is 5.97 Å². The molecule has 2 rings (SSSR count). The van der Waals surface area contributed by atoms with E-state index in [1.54, 1.807) is 4.68 Å². The third-order valence-electron chi connectivity index (χ3n) is 2.92. The number of carbonyl (C=O) groups is 1. The van der Waals surface area contributed by atoms with Crippen LogP contribution in [0.1, 0.15) is 23.2 Å². The first-order chi connectivity index (χ1) is 8.69. The summed E-state index contributed by atoms with van der Waals surface area (Å²) in [6.07, 6.45) is 0.693. The molecule has 0 bridgehead atoms. The zero-order valence-electron chi connectivity index (χ0n) is 10.7. The van der Waals surface area contributed by atoms with Gasteiger partial charge in [-0.1, -0.05) is 6.92 Å². The molecule has 2 N–H and O–H groups in total. The summed E-state index contributed by atoms with van der Waals surface area (Å²) in [4.78, 5) is 15.8. The van der Waals surface area contributed by atoms with Crippen LogP contribution in [0.2, 0.25) is 0 Å². The molecule has 7 nitrogen and oxygen atoms in total. The minimum absolute atomic E-state index is 0.181. The maximum absolute atomic E-state index is 11.6. The minimum atomic E-state index is -0.505. The molecule has 1 aliphatic rings. The fraction of sp³-hybridized carbons (Fsp3) is 0.636. The van der Waals surface area contributed by atoms with E-state index in [4.69, 9.17) is 10.5 Å². The van der Waals surface area contributed by atoms with Crippen molar-refractivity contribution in [1.82, 2.24) is 9.66 Å². The number of aromatic nitrogens is 2. The van der Waals surface area contributed by atoms with E-state index in [1.165, 1.54) is 7.11 Å². The van der Waals surface area contributed by atoms with E-state index in [9.17, 15) is 4.79 Å². The van der Waals surface area contributed by atoms with Gasteiger partial charge in [0.2, 0.25) is 0 Å². The van der Waals surface area contributed by atoms with Gasteiger partial charge in [-0.2, -0.15) is 0 Å². The Morgan fingerprint density at radius 3 is 2.72 bits per heavy atom. The van der Waals surface area contributed by atoms with Gasteiger partial charge in [0.05, 0.1) is 33.4 Å². The van der Waals surface area contributed by atoms with Gasteiger partial charge in [0.15, 0.2) is 11.5 Å². The summed E-state index contributed by atoms with van der Waals surface area (Å²) in [7, 11) is 1.32. The topological polar surface area (TPSA) is 82.6 Å². The normalized spacial score (nSPS) is 15.8. The Hall–Kier alpha value is -1.76. The lowest BCUT2D eigenvalue weighted by Crippen LogP contribution is -2.45. The number of hydrogen-bond donors (Lipinski definition) is 1. The summed E-state index contributed by atoms with van der Waals surface area (Å²) in [5, 5.41) is 2.04.